The first-order chi connectivity index (χ1) is 15.6. The SMILES string of the molecule is Cc1ccc(C2=C(P(=O)(c3ccccc3)c3ccccc3)CCc3ccc(Cl)cc32)cc1. The van der Waals surface area contributed by atoms with E-state index in [1.165, 1.54) is 11.1 Å². The number of hydrogen-bond acceptors (Lipinski definition) is 1. The fourth-order valence-corrected chi connectivity index (χ4v) is 7.90. The van der Waals surface area contributed by atoms with E-state index >= 15 is 4.57 Å². The lowest BCUT2D eigenvalue weighted by atomic mass is 9.86. The Bertz CT molecular complexity index is 1300. The van der Waals surface area contributed by atoms with E-state index in [1.807, 2.05) is 72.8 Å². The smallest absolute Gasteiger partial charge is 0.167 e. The Labute approximate surface area is 194 Å². The summed E-state index contributed by atoms with van der Waals surface area (Å²) >= 11 is 6.46. The lowest BCUT2D eigenvalue weighted by molar-refractivity contribution is 0.589. The second-order valence-electron chi connectivity index (χ2n) is 8.27. The van der Waals surface area contributed by atoms with Crippen molar-refractivity contribution in [2.75, 3.05) is 0 Å². The van der Waals surface area contributed by atoms with Gasteiger partial charge in [-0.1, -0.05) is 108 Å². The second kappa shape index (κ2) is 8.58. The van der Waals surface area contributed by atoms with E-state index in [0.29, 0.717) is 5.02 Å². The monoisotopic (exact) mass is 454 g/mol. The van der Waals surface area contributed by atoms with Gasteiger partial charge in [0.1, 0.15) is 0 Å². The molecule has 5 rings (SSSR count). The Hall–Kier alpha value is -2.86. The van der Waals surface area contributed by atoms with Crippen LogP contribution in [0.2, 0.25) is 5.02 Å². The van der Waals surface area contributed by atoms with Gasteiger partial charge in [-0.25, -0.2) is 0 Å². The lowest BCUT2D eigenvalue weighted by Crippen LogP contribution is -2.20. The van der Waals surface area contributed by atoms with Crippen molar-refractivity contribution in [2.45, 2.75) is 19.8 Å². The number of hydrogen-bond donors (Lipinski definition) is 0. The van der Waals surface area contributed by atoms with Crippen molar-refractivity contribution in [3.05, 3.63) is 136 Å². The van der Waals surface area contributed by atoms with Crippen LogP contribution in [0.25, 0.3) is 5.57 Å². The quantitative estimate of drug-likeness (QED) is 0.294. The molecule has 0 aliphatic heterocycles. The van der Waals surface area contributed by atoms with E-state index in [1.54, 1.807) is 0 Å². The lowest BCUT2D eigenvalue weighted by Gasteiger charge is -2.30. The Balaban J connectivity index is 1.88. The molecule has 3 heteroatoms. The summed E-state index contributed by atoms with van der Waals surface area (Å²) in [6, 6.07) is 34.5. The van der Waals surface area contributed by atoms with Crippen molar-refractivity contribution in [3.63, 3.8) is 0 Å². The zero-order chi connectivity index (χ0) is 22.1. The first kappa shape index (κ1) is 21.0. The first-order valence-electron chi connectivity index (χ1n) is 10.9. The van der Waals surface area contributed by atoms with Crippen molar-refractivity contribution in [1.29, 1.82) is 0 Å². The van der Waals surface area contributed by atoms with Gasteiger partial charge in [-0.2, -0.15) is 0 Å². The Morgan fingerprint density at radius 3 is 1.91 bits per heavy atom. The predicted molar refractivity (Wildman–Crippen MR) is 137 cm³/mol. The molecule has 0 fully saturated rings. The van der Waals surface area contributed by atoms with Crippen LogP contribution in [0.1, 0.15) is 28.7 Å². The Morgan fingerprint density at radius 2 is 1.31 bits per heavy atom. The maximum absolute atomic E-state index is 15.2. The maximum Gasteiger partial charge on any atom is 0.167 e. The maximum atomic E-state index is 15.2. The highest BCUT2D eigenvalue weighted by Crippen LogP contribution is 2.59. The summed E-state index contributed by atoms with van der Waals surface area (Å²) in [5.74, 6) is 0. The molecule has 0 radical (unpaired) electrons. The summed E-state index contributed by atoms with van der Waals surface area (Å²) in [6.07, 6.45) is 1.60. The third-order valence-corrected chi connectivity index (χ3v) is 9.71. The van der Waals surface area contributed by atoms with Crippen molar-refractivity contribution in [1.82, 2.24) is 0 Å². The molecule has 1 aliphatic carbocycles. The fraction of sp³-hybridized carbons (Fsp3) is 0.103. The number of fused-ring (bicyclic) bond motifs is 1. The van der Waals surface area contributed by atoms with Crippen LogP contribution in [0, 0.1) is 6.92 Å². The molecule has 0 spiro atoms. The molecular formula is C29H24ClOP. The summed E-state index contributed by atoms with van der Waals surface area (Å²) in [4.78, 5) is 0. The summed E-state index contributed by atoms with van der Waals surface area (Å²) in [6.45, 7) is 2.09. The Morgan fingerprint density at radius 1 is 0.719 bits per heavy atom. The minimum absolute atomic E-state index is 0.698. The molecule has 158 valence electrons. The van der Waals surface area contributed by atoms with Gasteiger partial charge in [-0.05, 0) is 54.2 Å². The van der Waals surface area contributed by atoms with Gasteiger partial charge in [0.05, 0.1) is 0 Å². The minimum atomic E-state index is -3.07. The van der Waals surface area contributed by atoms with Crippen LogP contribution >= 0.6 is 18.7 Å². The highest BCUT2D eigenvalue weighted by atomic mass is 35.5. The molecule has 0 saturated heterocycles. The van der Waals surface area contributed by atoms with E-state index < -0.39 is 7.14 Å². The molecule has 0 saturated carbocycles. The molecule has 32 heavy (non-hydrogen) atoms. The van der Waals surface area contributed by atoms with E-state index in [9.17, 15) is 0 Å². The molecular weight excluding hydrogens is 431 g/mol. The number of aryl methyl sites for hydroxylation is 2. The number of benzene rings is 4. The summed E-state index contributed by atoms with van der Waals surface area (Å²) in [5.41, 5.74) is 5.69. The zero-order valence-electron chi connectivity index (χ0n) is 18.0. The molecule has 0 atom stereocenters. The topological polar surface area (TPSA) is 17.1 Å². The average Bonchev–Trinajstić information content (AvgIpc) is 2.84. The second-order valence-corrected chi connectivity index (χ2v) is 11.5. The standard InChI is InChI=1S/C29H24ClOP/c1-21-12-14-23(15-13-21)29-27-20-24(30)18-16-22(27)17-19-28(29)32(31,25-8-4-2-5-9-25)26-10-6-3-7-11-26/h2-16,18,20H,17,19H2,1H3. The number of rotatable bonds is 4. The van der Waals surface area contributed by atoms with Gasteiger partial charge in [0.2, 0.25) is 0 Å². The van der Waals surface area contributed by atoms with Gasteiger partial charge in [0.25, 0.3) is 0 Å². The highest BCUT2D eigenvalue weighted by Gasteiger charge is 2.36. The molecule has 0 amide bonds. The van der Waals surface area contributed by atoms with Gasteiger partial charge >= 0.3 is 0 Å². The van der Waals surface area contributed by atoms with Crippen molar-refractivity contribution >= 4 is 34.9 Å². The average molecular weight is 455 g/mol. The van der Waals surface area contributed by atoms with Crippen molar-refractivity contribution in [3.8, 4) is 0 Å². The van der Waals surface area contributed by atoms with Crippen molar-refractivity contribution in [2.24, 2.45) is 0 Å². The van der Waals surface area contributed by atoms with Crippen LogP contribution in [0.5, 0.6) is 0 Å². The van der Waals surface area contributed by atoms with Crippen LogP contribution in [0.3, 0.4) is 0 Å². The third kappa shape index (κ3) is 3.66. The summed E-state index contributed by atoms with van der Waals surface area (Å²) in [5, 5.41) is 3.45. The first-order valence-corrected chi connectivity index (χ1v) is 13.0. The van der Waals surface area contributed by atoms with E-state index in [-0.39, 0.29) is 0 Å². The molecule has 0 aromatic heterocycles. The summed E-state index contributed by atoms with van der Waals surface area (Å²) < 4.78 is 15.2. The largest absolute Gasteiger partial charge is 0.309 e. The van der Waals surface area contributed by atoms with Crippen LogP contribution in [0.4, 0.5) is 0 Å². The van der Waals surface area contributed by atoms with Crippen molar-refractivity contribution < 1.29 is 4.57 Å². The molecule has 1 nitrogen and oxygen atoms in total. The van der Waals surface area contributed by atoms with Gasteiger partial charge in [0, 0.05) is 20.9 Å². The van der Waals surface area contributed by atoms with Crippen LogP contribution in [0.15, 0.2) is 108 Å². The molecule has 0 heterocycles. The summed E-state index contributed by atoms with van der Waals surface area (Å²) in [7, 11) is -3.07. The minimum Gasteiger partial charge on any atom is -0.309 e. The van der Waals surface area contributed by atoms with E-state index in [4.69, 9.17) is 11.6 Å². The van der Waals surface area contributed by atoms with Gasteiger partial charge in [-0.15, -0.1) is 0 Å². The third-order valence-electron chi connectivity index (χ3n) is 6.22. The van der Waals surface area contributed by atoms with Crippen LogP contribution < -0.4 is 10.6 Å². The highest BCUT2D eigenvalue weighted by molar-refractivity contribution is 7.82. The van der Waals surface area contributed by atoms with Gasteiger partial charge in [0.15, 0.2) is 7.14 Å². The molecule has 4 aromatic carbocycles. The normalized spacial score (nSPS) is 13.7. The molecule has 1 aliphatic rings. The molecule has 0 bridgehead atoms. The molecule has 4 aromatic rings. The van der Waals surface area contributed by atoms with Crippen LogP contribution in [-0.2, 0) is 11.0 Å². The predicted octanol–water partition coefficient (Wildman–Crippen LogP) is 7.37. The molecule has 0 N–H and O–H groups in total. The fourth-order valence-electron chi connectivity index (χ4n) is 4.63. The van der Waals surface area contributed by atoms with E-state index in [2.05, 4.69) is 37.3 Å². The van der Waals surface area contributed by atoms with Gasteiger partial charge < -0.3 is 4.57 Å². The van der Waals surface area contributed by atoms with Gasteiger partial charge in [-0.3, -0.25) is 0 Å². The van der Waals surface area contributed by atoms with Crippen LogP contribution in [-0.4, -0.2) is 0 Å². The number of allylic oxidation sites excluding steroid dienone is 1. The zero-order valence-corrected chi connectivity index (χ0v) is 19.6. The number of halogens is 1. The van der Waals surface area contributed by atoms with E-state index in [0.717, 1.165) is 45.5 Å². The Kier molecular flexibility index (Phi) is 5.64. The molecule has 0 unspecified atom stereocenters.